The lowest BCUT2D eigenvalue weighted by Crippen LogP contribution is -2.58. The number of nitrogens with one attached hydrogen (secondary N) is 3. The Labute approximate surface area is 188 Å². The Bertz CT molecular complexity index is 717. The van der Waals surface area contributed by atoms with Gasteiger partial charge in [-0.3, -0.25) is 24.2 Å². The fraction of sp³-hybridized carbons (Fsp3) is 0.625. The number of carboxylic acids is 2. The van der Waals surface area contributed by atoms with Crippen molar-refractivity contribution in [2.24, 2.45) is 22.2 Å². The van der Waals surface area contributed by atoms with Gasteiger partial charge in [0.2, 0.25) is 17.7 Å². The summed E-state index contributed by atoms with van der Waals surface area (Å²) in [5, 5.41) is 34.0. The number of amides is 3. The number of aliphatic carboxylic acids is 2. The molecule has 0 heterocycles. The molecule has 4 unspecified atom stereocenters. The van der Waals surface area contributed by atoms with E-state index in [0.717, 1.165) is 0 Å². The average molecular weight is 480 g/mol. The lowest BCUT2D eigenvalue weighted by molar-refractivity contribution is -0.143. The minimum Gasteiger partial charge on any atom is -0.481 e. The maximum Gasteiger partial charge on any atom is 0.326 e. The maximum absolute atomic E-state index is 12.5. The van der Waals surface area contributed by atoms with Crippen molar-refractivity contribution in [3.8, 4) is 0 Å². The van der Waals surface area contributed by atoms with E-state index in [-0.39, 0.29) is 31.1 Å². The summed E-state index contributed by atoms with van der Waals surface area (Å²) in [6.45, 7) is -0.773. The minimum atomic E-state index is -1.69. The highest BCUT2D eigenvalue weighted by Gasteiger charge is 2.31. The van der Waals surface area contributed by atoms with Gasteiger partial charge in [-0.1, -0.05) is 0 Å². The van der Waals surface area contributed by atoms with Gasteiger partial charge in [-0.05, 0) is 12.8 Å². The molecule has 16 heteroatoms. The molecular weight excluding hydrogens is 450 g/mol. The maximum atomic E-state index is 12.5. The quantitative estimate of drug-likeness (QED) is 0.0461. The van der Waals surface area contributed by atoms with E-state index < -0.39 is 66.9 Å². The first-order valence-corrected chi connectivity index (χ1v) is 9.94. The zero-order valence-electron chi connectivity index (χ0n) is 17.1. The molecule has 0 spiro atoms. The van der Waals surface area contributed by atoms with Crippen LogP contribution >= 0.6 is 12.6 Å². The van der Waals surface area contributed by atoms with Gasteiger partial charge in [-0.2, -0.15) is 12.6 Å². The Morgan fingerprint density at radius 1 is 0.906 bits per heavy atom. The van der Waals surface area contributed by atoms with Crippen molar-refractivity contribution in [2.75, 3.05) is 18.9 Å². The summed E-state index contributed by atoms with van der Waals surface area (Å²) in [6, 6.07) is -5.71. The Hall–Kier alpha value is -3.11. The molecule has 15 nitrogen and oxygen atoms in total. The molecule has 0 aliphatic rings. The SMILES string of the molecule is NC(N)=NCCCC(NC(=O)C(CC(=O)O)NC(=O)C(CO)NC(=O)C(N)CS)C(=O)O. The van der Waals surface area contributed by atoms with Gasteiger partial charge in [0, 0.05) is 12.3 Å². The van der Waals surface area contributed by atoms with Gasteiger partial charge in [-0.25, -0.2) is 4.79 Å². The number of thiol groups is 1. The van der Waals surface area contributed by atoms with Crippen LogP contribution < -0.4 is 33.2 Å². The standard InChI is InChI=1S/C16H29N7O8S/c17-7(6-32)12(27)23-10(5-24)14(29)22-9(4-11(25)26)13(28)21-8(15(30)31)2-1-3-20-16(18)19/h7-10,24,32H,1-6,17H2,(H,21,28)(H,22,29)(H,23,27)(H,25,26)(H,30,31)(H4,18,19,20). The summed E-state index contributed by atoms with van der Waals surface area (Å²) >= 11 is 3.83. The number of nitrogens with zero attached hydrogens (tertiary/aromatic N) is 1. The topological polar surface area (TPSA) is 273 Å². The second-order valence-electron chi connectivity index (χ2n) is 6.54. The van der Waals surface area contributed by atoms with Crippen molar-refractivity contribution in [3.05, 3.63) is 0 Å². The van der Waals surface area contributed by atoms with Crippen molar-refractivity contribution < 1.29 is 39.3 Å². The molecule has 0 aromatic carbocycles. The van der Waals surface area contributed by atoms with E-state index in [9.17, 15) is 34.2 Å². The highest BCUT2D eigenvalue weighted by atomic mass is 32.1. The number of carbonyl (C=O) groups excluding carboxylic acids is 3. The van der Waals surface area contributed by atoms with Crippen molar-refractivity contribution in [3.63, 3.8) is 0 Å². The van der Waals surface area contributed by atoms with E-state index in [1.165, 1.54) is 0 Å². The molecule has 0 saturated heterocycles. The average Bonchev–Trinajstić information content (AvgIpc) is 2.71. The van der Waals surface area contributed by atoms with Crippen molar-refractivity contribution in [1.29, 1.82) is 0 Å². The summed E-state index contributed by atoms with van der Waals surface area (Å²) in [7, 11) is 0. The molecule has 0 aromatic heterocycles. The fourth-order valence-electron chi connectivity index (χ4n) is 2.25. The first-order valence-electron chi connectivity index (χ1n) is 9.31. The first kappa shape index (κ1) is 28.9. The van der Waals surface area contributed by atoms with E-state index in [1.54, 1.807) is 0 Å². The van der Waals surface area contributed by atoms with Crippen LogP contribution in [-0.2, 0) is 24.0 Å². The van der Waals surface area contributed by atoms with E-state index in [1.807, 2.05) is 0 Å². The summed E-state index contributed by atoms with van der Waals surface area (Å²) in [5.41, 5.74) is 15.8. The zero-order chi connectivity index (χ0) is 24.8. The number of aliphatic hydroxyl groups is 1. The Kier molecular flexibility index (Phi) is 13.4. The van der Waals surface area contributed by atoms with Crippen molar-refractivity contribution in [2.45, 2.75) is 43.4 Å². The van der Waals surface area contributed by atoms with Crippen LogP contribution in [0.1, 0.15) is 19.3 Å². The Balaban J connectivity index is 5.23. The van der Waals surface area contributed by atoms with Gasteiger partial charge in [0.15, 0.2) is 5.96 Å². The second-order valence-corrected chi connectivity index (χ2v) is 6.91. The molecule has 3 amide bonds. The monoisotopic (exact) mass is 479 g/mol. The zero-order valence-corrected chi connectivity index (χ0v) is 18.0. The molecule has 0 rings (SSSR count). The summed E-state index contributed by atoms with van der Waals surface area (Å²) in [5.74, 6) is -6.07. The van der Waals surface area contributed by atoms with Crippen molar-refractivity contribution in [1.82, 2.24) is 16.0 Å². The number of aliphatic imine (C=N–C) groups is 1. The van der Waals surface area contributed by atoms with Crippen molar-refractivity contribution >= 4 is 48.2 Å². The Morgan fingerprint density at radius 3 is 1.91 bits per heavy atom. The molecule has 0 saturated carbocycles. The number of hydrogen-bond acceptors (Lipinski definition) is 9. The Morgan fingerprint density at radius 2 is 1.44 bits per heavy atom. The molecule has 0 fully saturated rings. The summed E-state index contributed by atoms with van der Waals surface area (Å²) < 4.78 is 0. The van der Waals surface area contributed by atoms with Gasteiger partial charge in [0.1, 0.15) is 18.1 Å². The van der Waals surface area contributed by atoms with E-state index >= 15 is 0 Å². The van der Waals surface area contributed by atoms with Gasteiger partial charge in [-0.15, -0.1) is 0 Å². The van der Waals surface area contributed by atoms with E-state index in [0.29, 0.717) is 0 Å². The van der Waals surface area contributed by atoms with Gasteiger partial charge < -0.3 is 48.5 Å². The largest absolute Gasteiger partial charge is 0.481 e. The normalized spacial score (nSPS) is 14.2. The van der Waals surface area contributed by atoms with Gasteiger partial charge in [0.05, 0.1) is 19.1 Å². The number of rotatable bonds is 15. The molecule has 0 aromatic rings. The summed E-state index contributed by atoms with van der Waals surface area (Å²) in [4.78, 5) is 62.8. The fourth-order valence-corrected chi connectivity index (χ4v) is 2.41. The number of guanidine groups is 1. The molecule has 0 aliphatic carbocycles. The molecule has 32 heavy (non-hydrogen) atoms. The van der Waals surface area contributed by atoms with Crippen LogP contribution in [0, 0.1) is 0 Å². The lowest BCUT2D eigenvalue weighted by atomic mass is 10.1. The highest BCUT2D eigenvalue weighted by molar-refractivity contribution is 7.80. The molecule has 0 radical (unpaired) electrons. The van der Waals surface area contributed by atoms with Crippen LogP contribution in [-0.4, -0.2) is 94.0 Å². The van der Waals surface area contributed by atoms with E-state index in [2.05, 4.69) is 33.6 Å². The lowest BCUT2D eigenvalue weighted by Gasteiger charge is -2.23. The van der Waals surface area contributed by atoms with Crippen LogP contribution in [0.3, 0.4) is 0 Å². The smallest absolute Gasteiger partial charge is 0.326 e. The van der Waals surface area contributed by atoms with Gasteiger partial charge >= 0.3 is 11.9 Å². The third kappa shape index (κ3) is 11.3. The molecule has 0 bridgehead atoms. The second kappa shape index (κ2) is 14.8. The van der Waals surface area contributed by atoms with Gasteiger partial charge in [0.25, 0.3) is 0 Å². The third-order valence-corrected chi connectivity index (χ3v) is 4.31. The number of hydrogen-bond donors (Lipinski definition) is 10. The molecule has 4 atom stereocenters. The van der Waals surface area contributed by atoms with Crippen LogP contribution in [0.2, 0.25) is 0 Å². The molecular formula is C16H29N7O8S. The highest BCUT2D eigenvalue weighted by Crippen LogP contribution is 2.02. The predicted octanol–water partition coefficient (Wildman–Crippen LogP) is -4.70. The van der Waals surface area contributed by atoms with Crippen LogP contribution in [0.5, 0.6) is 0 Å². The summed E-state index contributed by atoms with van der Waals surface area (Å²) in [6.07, 6.45) is -0.780. The van der Waals surface area contributed by atoms with Crippen LogP contribution in [0.15, 0.2) is 4.99 Å². The first-order chi connectivity index (χ1) is 14.9. The number of aliphatic hydroxyl groups excluding tert-OH is 1. The molecule has 182 valence electrons. The number of carbonyl (C=O) groups is 5. The minimum absolute atomic E-state index is 0.0462. The van der Waals surface area contributed by atoms with Crippen LogP contribution in [0.25, 0.3) is 0 Å². The van der Waals surface area contributed by atoms with E-state index in [4.69, 9.17) is 22.3 Å². The molecule has 12 N–H and O–H groups in total. The number of carboxylic acid groups (broad SMARTS) is 2. The van der Waals surface area contributed by atoms with Crippen LogP contribution in [0.4, 0.5) is 0 Å². The third-order valence-electron chi connectivity index (χ3n) is 3.92. The molecule has 0 aliphatic heterocycles. The predicted molar refractivity (Wildman–Crippen MR) is 115 cm³/mol. The number of nitrogens with two attached hydrogens (primary N) is 3.